The van der Waals surface area contributed by atoms with E-state index in [0.717, 1.165) is 54.3 Å². The molecule has 0 unspecified atom stereocenters. The van der Waals surface area contributed by atoms with E-state index < -0.39 is 0 Å². The maximum atomic E-state index is 9.57. The van der Waals surface area contributed by atoms with E-state index in [2.05, 4.69) is 117 Å². The van der Waals surface area contributed by atoms with Gasteiger partial charge in [-0.2, -0.15) is 5.26 Å². The Balaban J connectivity index is 1.34. The van der Waals surface area contributed by atoms with Crippen LogP contribution in [0.15, 0.2) is 121 Å². The average Bonchev–Trinajstić information content (AvgIpc) is 3.70. The highest BCUT2D eigenvalue weighted by Crippen LogP contribution is 2.43. The molecule has 0 amide bonds. The van der Waals surface area contributed by atoms with E-state index in [1.807, 2.05) is 24.3 Å². The zero-order valence-electron chi connectivity index (χ0n) is 22.7. The van der Waals surface area contributed by atoms with Gasteiger partial charge in [0.15, 0.2) is 0 Å². The Morgan fingerprint density at radius 3 is 1.91 bits per heavy atom. The average molecular weight is 565 g/mol. The van der Waals surface area contributed by atoms with Gasteiger partial charge in [0.2, 0.25) is 5.69 Å². The predicted octanol–water partition coefficient (Wildman–Crippen LogP) is 10.7. The lowest BCUT2D eigenvalue weighted by Crippen LogP contribution is -1.98. The van der Waals surface area contributed by atoms with Gasteiger partial charge in [-0.3, -0.25) is 0 Å². The second kappa shape index (κ2) is 8.81. The van der Waals surface area contributed by atoms with Gasteiger partial charge in [0, 0.05) is 42.3 Å². The monoisotopic (exact) mass is 564 g/mol. The van der Waals surface area contributed by atoms with E-state index in [0.29, 0.717) is 11.3 Å². The molecule has 43 heavy (non-hydrogen) atoms. The third-order valence-electron chi connectivity index (χ3n) is 8.54. The van der Waals surface area contributed by atoms with Gasteiger partial charge in [-0.05, 0) is 71.4 Å². The Kier molecular flexibility index (Phi) is 4.87. The number of rotatable bonds is 2. The zero-order chi connectivity index (χ0) is 28.7. The summed E-state index contributed by atoms with van der Waals surface area (Å²) in [6.45, 7) is 7.68. The van der Waals surface area contributed by atoms with Gasteiger partial charge >= 0.3 is 0 Å². The first-order valence-electron chi connectivity index (χ1n) is 14.0. The van der Waals surface area contributed by atoms with Gasteiger partial charge in [-0.25, -0.2) is 4.85 Å². The van der Waals surface area contributed by atoms with Crippen molar-refractivity contribution in [1.29, 1.82) is 5.26 Å². The summed E-state index contributed by atoms with van der Waals surface area (Å²) < 4.78 is 6.87. The van der Waals surface area contributed by atoms with Crippen LogP contribution in [0.1, 0.15) is 5.56 Å². The second-order valence-electron chi connectivity index (χ2n) is 10.8. The highest BCUT2D eigenvalue weighted by Gasteiger charge is 2.18. The van der Waals surface area contributed by atoms with E-state index >= 15 is 0 Å². The standard InChI is InChI=1S/C38H20N4S/c1-40-32-13-7-12-28-31-20-30-27-11-3-5-15-34(27)42(36(30)21-37(31)43-38(28)32)25-9-6-8-24(19-25)41-33-14-4-2-10-26(33)29-18-23(22-39)16-17-35(29)41/h2-21H. The molecule has 3 heterocycles. The van der Waals surface area contributed by atoms with E-state index in [1.54, 1.807) is 11.3 Å². The van der Waals surface area contributed by atoms with Crippen molar-refractivity contribution in [3.63, 3.8) is 0 Å². The number of nitriles is 1. The molecule has 0 aliphatic carbocycles. The number of hydrogen-bond acceptors (Lipinski definition) is 2. The summed E-state index contributed by atoms with van der Waals surface area (Å²) >= 11 is 1.69. The van der Waals surface area contributed by atoms with E-state index in [1.165, 1.54) is 20.9 Å². The van der Waals surface area contributed by atoms with Crippen molar-refractivity contribution in [3.05, 3.63) is 138 Å². The molecular formula is C38H20N4S. The van der Waals surface area contributed by atoms with Gasteiger partial charge in [-0.1, -0.05) is 60.7 Å². The van der Waals surface area contributed by atoms with Crippen LogP contribution in [0.3, 0.4) is 0 Å². The fourth-order valence-electron chi connectivity index (χ4n) is 6.70. The summed E-state index contributed by atoms with van der Waals surface area (Å²) in [5, 5.41) is 16.5. The Morgan fingerprint density at radius 1 is 0.558 bits per heavy atom. The third-order valence-corrected chi connectivity index (χ3v) is 9.73. The molecule has 5 heteroatoms. The molecule has 0 bridgehead atoms. The zero-order valence-corrected chi connectivity index (χ0v) is 23.6. The van der Waals surface area contributed by atoms with Crippen molar-refractivity contribution >= 4 is 80.8 Å². The van der Waals surface area contributed by atoms with Crippen LogP contribution >= 0.6 is 11.3 Å². The molecule has 9 aromatic rings. The summed E-state index contributed by atoms with van der Waals surface area (Å²) in [7, 11) is 0. The van der Waals surface area contributed by atoms with Crippen molar-refractivity contribution < 1.29 is 0 Å². The third kappa shape index (κ3) is 3.29. The fraction of sp³-hybridized carbons (Fsp3) is 0. The minimum Gasteiger partial charge on any atom is -0.309 e. The fourth-order valence-corrected chi connectivity index (χ4v) is 7.88. The topological polar surface area (TPSA) is 38.0 Å². The smallest absolute Gasteiger partial charge is 0.204 e. The summed E-state index contributed by atoms with van der Waals surface area (Å²) in [5.74, 6) is 0. The first kappa shape index (κ1) is 23.8. The minimum atomic E-state index is 0.658. The largest absolute Gasteiger partial charge is 0.309 e. The Hall–Kier alpha value is -5.88. The van der Waals surface area contributed by atoms with Gasteiger partial charge in [0.25, 0.3) is 0 Å². The number of thiophene rings is 1. The molecule has 0 spiro atoms. The summed E-state index contributed by atoms with van der Waals surface area (Å²) in [6, 6.07) is 44.5. The lowest BCUT2D eigenvalue weighted by atomic mass is 10.1. The number of para-hydroxylation sites is 2. The number of nitrogens with zero attached hydrogens (tertiary/aromatic N) is 4. The molecule has 9 rings (SSSR count). The van der Waals surface area contributed by atoms with Gasteiger partial charge < -0.3 is 9.13 Å². The SMILES string of the molecule is [C-]#[N+]c1cccc2c1sc1cc3c(cc12)c1ccccc1n3-c1cccc(-n2c3ccccc3c3cc(C#N)ccc32)c1. The van der Waals surface area contributed by atoms with Crippen LogP contribution in [-0.4, -0.2) is 9.13 Å². The molecule has 0 aliphatic rings. The van der Waals surface area contributed by atoms with Crippen LogP contribution in [-0.2, 0) is 0 Å². The molecule has 6 aromatic carbocycles. The van der Waals surface area contributed by atoms with E-state index in [4.69, 9.17) is 6.57 Å². The first-order valence-corrected chi connectivity index (χ1v) is 14.9. The normalized spacial score (nSPS) is 11.7. The second-order valence-corrected chi connectivity index (χ2v) is 11.9. The first-order chi connectivity index (χ1) is 21.2. The van der Waals surface area contributed by atoms with Crippen molar-refractivity contribution in [3.8, 4) is 17.4 Å². The van der Waals surface area contributed by atoms with Crippen LogP contribution in [0.5, 0.6) is 0 Å². The van der Waals surface area contributed by atoms with Crippen LogP contribution in [0, 0.1) is 17.9 Å². The summed E-state index contributed by atoms with van der Waals surface area (Å²) in [4.78, 5) is 3.79. The van der Waals surface area contributed by atoms with Gasteiger partial charge in [-0.15, -0.1) is 11.3 Å². The Morgan fingerprint density at radius 2 is 1.19 bits per heavy atom. The van der Waals surface area contributed by atoms with Crippen LogP contribution in [0.2, 0.25) is 0 Å². The molecule has 3 aromatic heterocycles. The molecule has 0 aliphatic heterocycles. The van der Waals surface area contributed by atoms with Crippen LogP contribution < -0.4 is 0 Å². The van der Waals surface area contributed by atoms with E-state index in [9.17, 15) is 5.26 Å². The predicted molar refractivity (Wildman–Crippen MR) is 179 cm³/mol. The van der Waals surface area contributed by atoms with Crippen molar-refractivity contribution in [2.75, 3.05) is 0 Å². The van der Waals surface area contributed by atoms with Gasteiger partial charge in [0.1, 0.15) is 0 Å². The molecule has 0 N–H and O–H groups in total. The van der Waals surface area contributed by atoms with Crippen molar-refractivity contribution in [2.45, 2.75) is 0 Å². The lowest BCUT2D eigenvalue weighted by Gasteiger charge is -2.13. The van der Waals surface area contributed by atoms with Crippen molar-refractivity contribution in [1.82, 2.24) is 9.13 Å². The highest BCUT2D eigenvalue weighted by molar-refractivity contribution is 7.26. The molecule has 0 saturated heterocycles. The van der Waals surface area contributed by atoms with Crippen LogP contribution in [0.25, 0.3) is 80.0 Å². The maximum absolute atomic E-state index is 9.57. The molecule has 0 radical (unpaired) electrons. The summed E-state index contributed by atoms with van der Waals surface area (Å²) in [6.07, 6.45) is 0. The molecule has 4 nitrogen and oxygen atoms in total. The van der Waals surface area contributed by atoms with E-state index in [-0.39, 0.29) is 0 Å². The lowest BCUT2D eigenvalue weighted by molar-refractivity contribution is 1.13. The Labute approximate surface area is 250 Å². The summed E-state index contributed by atoms with van der Waals surface area (Å²) in [5.41, 5.74) is 7.97. The molecule has 198 valence electrons. The molecular weight excluding hydrogens is 545 g/mol. The number of hydrogen-bond donors (Lipinski definition) is 0. The quantitative estimate of drug-likeness (QED) is 0.192. The van der Waals surface area contributed by atoms with Crippen LogP contribution in [0.4, 0.5) is 5.69 Å². The number of fused-ring (bicyclic) bond motifs is 9. The molecule has 0 fully saturated rings. The minimum absolute atomic E-state index is 0.658. The highest BCUT2D eigenvalue weighted by atomic mass is 32.1. The van der Waals surface area contributed by atoms with Crippen molar-refractivity contribution in [2.24, 2.45) is 0 Å². The molecule has 0 saturated carbocycles. The molecule has 0 atom stereocenters. The van der Waals surface area contributed by atoms with Gasteiger partial charge in [0.05, 0.1) is 40.3 Å². The number of benzene rings is 6. The maximum Gasteiger partial charge on any atom is 0.204 e. The Bertz CT molecular complexity index is 2710. The number of aromatic nitrogens is 2.